The van der Waals surface area contributed by atoms with E-state index < -0.39 is 0 Å². The lowest BCUT2D eigenvalue weighted by Gasteiger charge is -2.15. The van der Waals surface area contributed by atoms with Crippen LogP contribution < -0.4 is 11.1 Å². The second-order valence-corrected chi connectivity index (χ2v) is 5.26. The zero-order chi connectivity index (χ0) is 13.4. The molecule has 0 saturated carbocycles. The third-order valence-electron chi connectivity index (χ3n) is 2.86. The summed E-state index contributed by atoms with van der Waals surface area (Å²) >= 11 is 3.49. The van der Waals surface area contributed by atoms with Crippen molar-refractivity contribution in [2.24, 2.45) is 5.73 Å². The number of unbranched alkanes of at least 4 members (excludes halogenated alkanes) is 2. The summed E-state index contributed by atoms with van der Waals surface area (Å²) in [5.41, 5.74) is 6.52. The summed E-state index contributed by atoms with van der Waals surface area (Å²) in [4.78, 5) is 11.7. The summed E-state index contributed by atoms with van der Waals surface area (Å²) in [5.74, 6) is 0.107. The van der Waals surface area contributed by atoms with Crippen molar-refractivity contribution in [1.82, 2.24) is 5.32 Å². The Kier molecular flexibility index (Phi) is 6.98. The lowest BCUT2D eigenvalue weighted by atomic mass is 10.1. The molecule has 0 saturated heterocycles. The fraction of sp³-hybridized carbons (Fsp3) is 0.500. The maximum Gasteiger partial charge on any atom is 0.220 e. The van der Waals surface area contributed by atoms with Crippen LogP contribution in [0.25, 0.3) is 0 Å². The normalized spacial score (nSPS) is 12.2. The van der Waals surface area contributed by atoms with Crippen molar-refractivity contribution in [2.75, 3.05) is 6.54 Å². The first-order valence-corrected chi connectivity index (χ1v) is 7.18. The Hall–Kier alpha value is -0.870. The van der Waals surface area contributed by atoms with Crippen molar-refractivity contribution in [3.05, 3.63) is 34.3 Å². The van der Waals surface area contributed by atoms with Gasteiger partial charge in [0, 0.05) is 10.9 Å². The standard InChI is InChI=1S/C14H21BrN2O/c1-11(12-7-4-5-8-13(12)15)17-14(18)9-3-2-6-10-16/h4-5,7-8,11H,2-3,6,9-10,16H2,1H3,(H,17,18)/t11-/m0/s1. The van der Waals surface area contributed by atoms with Crippen molar-refractivity contribution in [2.45, 2.75) is 38.6 Å². The minimum atomic E-state index is 0.0302. The minimum absolute atomic E-state index is 0.0302. The topological polar surface area (TPSA) is 55.1 Å². The number of nitrogens with one attached hydrogen (secondary N) is 1. The first kappa shape index (κ1) is 15.2. The predicted molar refractivity (Wildman–Crippen MR) is 78.2 cm³/mol. The van der Waals surface area contributed by atoms with E-state index in [1.165, 1.54) is 0 Å². The average Bonchev–Trinajstić information content (AvgIpc) is 2.35. The third-order valence-corrected chi connectivity index (χ3v) is 3.58. The van der Waals surface area contributed by atoms with Crippen molar-refractivity contribution in [3.8, 4) is 0 Å². The smallest absolute Gasteiger partial charge is 0.220 e. The van der Waals surface area contributed by atoms with Gasteiger partial charge in [-0.25, -0.2) is 0 Å². The highest BCUT2D eigenvalue weighted by Gasteiger charge is 2.11. The van der Waals surface area contributed by atoms with Crippen LogP contribution in [-0.4, -0.2) is 12.5 Å². The number of benzene rings is 1. The van der Waals surface area contributed by atoms with E-state index in [1.807, 2.05) is 31.2 Å². The first-order valence-electron chi connectivity index (χ1n) is 6.39. The predicted octanol–water partition coefficient (Wildman–Crippen LogP) is 3.15. The maximum atomic E-state index is 11.7. The number of nitrogens with two attached hydrogens (primary N) is 1. The summed E-state index contributed by atoms with van der Waals surface area (Å²) in [6.45, 7) is 2.70. The van der Waals surface area contributed by atoms with E-state index in [1.54, 1.807) is 0 Å². The van der Waals surface area contributed by atoms with Crippen LogP contribution in [0, 0.1) is 0 Å². The largest absolute Gasteiger partial charge is 0.350 e. The molecule has 0 aliphatic carbocycles. The van der Waals surface area contributed by atoms with Gasteiger partial charge in [0.2, 0.25) is 5.91 Å². The summed E-state index contributed by atoms with van der Waals surface area (Å²) in [6.07, 6.45) is 3.50. The number of hydrogen-bond donors (Lipinski definition) is 2. The van der Waals surface area contributed by atoms with Gasteiger partial charge in [-0.3, -0.25) is 4.79 Å². The Balaban J connectivity index is 2.38. The molecule has 0 spiro atoms. The van der Waals surface area contributed by atoms with Gasteiger partial charge in [0.15, 0.2) is 0 Å². The van der Waals surface area contributed by atoms with E-state index in [9.17, 15) is 4.79 Å². The van der Waals surface area contributed by atoms with E-state index in [0.29, 0.717) is 13.0 Å². The van der Waals surface area contributed by atoms with Gasteiger partial charge in [0.25, 0.3) is 0 Å². The van der Waals surface area contributed by atoms with Crippen LogP contribution in [0.15, 0.2) is 28.7 Å². The van der Waals surface area contributed by atoms with E-state index >= 15 is 0 Å². The van der Waals surface area contributed by atoms with Gasteiger partial charge in [0.1, 0.15) is 0 Å². The van der Waals surface area contributed by atoms with Gasteiger partial charge < -0.3 is 11.1 Å². The van der Waals surface area contributed by atoms with Gasteiger partial charge in [-0.1, -0.05) is 40.5 Å². The Bertz CT molecular complexity index is 382. The van der Waals surface area contributed by atoms with E-state index in [0.717, 1.165) is 29.3 Å². The maximum absolute atomic E-state index is 11.7. The fourth-order valence-electron chi connectivity index (χ4n) is 1.82. The molecule has 1 atom stereocenters. The van der Waals surface area contributed by atoms with Crippen LogP contribution in [0.1, 0.15) is 44.2 Å². The van der Waals surface area contributed by atoms with Crippen LogP contribution in [0.5, 0.6) is 0 Å². The van der Waals surface area contributed by atoms with Crippen LogP contribution in [0.4, 0.5) is 0 Å². The van der Waals surface area contributed by atoms with Gasteiger partial charge in [-0.15, -0.1) is 0 Å². The van der Waals surface area contributed by atoms with Gasteiger partial charge >= 0.3 is 0 Å². The molecule has 0 bridgehead atoms. The molecule has 1 amide bonds. The zero-order valence-corrected chi connectivity index (χ0v) is 12.4. The average molecular weight is 313 g/mol. The number of carbonyl (C=O) groups excluding carboxylic acids is 1. The molecule has 0 aliphatic rings. The van der Waals surface area contributed by atoms with Crippen molar-refractivity contribution in [1.29, 1.82) is 0 Å². The van der Waals surface area contributed by atoms with Crippen LogP contribution in [0.2, 0.25) is 0 Å². The molecule has 0 heterocycles. The van der Waals surface area contributed by atoms with E-state index in [4.69, 9.17) is 5.73 Å². The van der Waals surface area contributed by atoms with Crippen LogP contribution in [-0.2, 0) is 4.79 Å². The molecule has 0 fully saturated rings. The Morgan fingerprint density at radius 3 is 2.72 bits per heavy atom. The molecule has 0 aliphatic heterocycles. The number of halogens is 1. The van der Waals surface area contributed by atoms with Crippen molar-refractivity contribution >= 4 is 21.8 Å². The molecule has 0 unspecified atom stereocenters. The van der Waals surface area contributed by atoms with E-state index in [-0.39, 0.29) is 11.9 Å². The van der Waals surface area contributed by atoms with Gasteiger partial charge in [-0.2, -0.15) is 0 Å². The summed E-state index contributed by atoms with van der Waals surface area (Å²) in [6, 6.07) is 7.98. The molecule has 3 nitrogen and oxygen atoms in total. The molecule has 18 heavy (non-hydrogen) atoms. The zero-order valence-electron chi connectivity index (χ0n) is 10.8. The SMILES string of the molecule is C[C@H](NC(=O)CCCCCN)c1ccccc1Br. The highest BCUT2D eigenvalue weighted by Crippen LogP contribution is 2.22. The second kappa shape index (κ2) is 8.27. The monoisotopic (exact) mass is 312 g/mol. The molecule has 0 aromatic heterocycles. The molecular formula is C14H21BrN2O. The molecule has 1 aromatic rings. The molecule has 0 radical (unpaired) electrons. The fourth-order valence-corrected chi connectivity index (χ4v) is 2.45. The Morgan fingerprint density at radius 2 is 2.06 bits per heavy atom. The number of rotatable bonds is 7. The number of carbonyl (C=O) groups is 1. The third kappa shape index (κ3) is 5.19. The quantitative estimate of drug-likeness (QED) is 0.760. The summed E-state index contributed by atoms with van der Waals surface area (Å²) in [7, 11) is 0. The van der Waals surface area contributed by atoms with Crippen LogP contribution in [0.3, 0.4) is 0 Å². The van der Waals surface area contributed by atoms with Crippen LogP contribution >= 0.6 is 15.9 Å². The summed E-state index contributed by atoms with van der Waals surface area (Å²) < 4.78 is 1.03. The number of hydrogen-bond acceptors (Lipinski definition) is 2. The Morgan fingerprint density at radius 1 is 1.33 bits per heavy atom. The van der Waals surface area contributed by atoms with Gasteiger partial charge in [-0.05, 0) is 37.9 Å². The molecule has 100 valence electrons. The van der Waals surface area contributed by atoms with Crippen molar-refractivity contribution in [3.63, 3.8) is 0 Å². The first-order chi connectivity index (χ1) is 8.65. The number of amides is 1. The Labute approximate surface area is 117 Å². The molecule has 3 N–H and O–H groups in total. The highest BCUT2D eigenvalue weighted by atomic mass is 79.9. The lowest BCUT2D eigenvalue weighted by Crippen LogP contribution is -2.26. The lowest BCUT2D eigenvalue weighted by molar-refractivity contribution is -0.121. The second-order valence-electron chi connectivity index (χ2n) is 4.41. The van der Waals surface area contributed by atoms with E-state index in [2.05, 4.69) is 21.2 Å². The molecule has 1 rings (SSSR count). The summed E-state index contributed by atoms with van der Waals surface area (Å²) in [5, 5.41) is 3.01. The molecule has 1 aromatic carbocycles. The highest BCUT2D eigenvalue weighted by molar-refractivity contribution is 9.10. The van der Waals surface area contributed by atoms with Gasteiger partial charge in [0.05, 0.1) is 6.04 Å². The van der Waals surface area contributed by atoms with Crippen molar-refractivity contribution < 1.29 is 4.79 Å². The minimum Gasteiger partial charge on any atom is -0.350 e. The molecular weight excluding hydrogens is 292 g/mol. The molecule has 4 heteroatoms.